The molecule has 156 valence electrons. The summed E-state index contributed by atoms with van der Waals surface area (Å²) in [6.45, 7) is 4.58. The molecule has 0 aliphatic carbocycles. The number of fused-ring (bicyclic) bond motifs is 1. The summed E-state index contributed by atoms with van der Waals surface area (Å²) in [4.78, 5) is 0. The van der Waals surface area contributed by atoms with E-state index in [9.17, 15) is 0 Å². The van der Waals surface area contributed by atoms with Crippen LogP contribution in [0, 0.1) is 0 Å². The summed E-state index contributed by atoms with van der Waals surface area (Å²) < 4.78 is 2.37. The van der Waals surface area contributed by atoms with Crippen molar-refractivity contribution in [1.29, 1.82) is 0 Å². The Bertz CT molecular complexity index is 1180. The molecule has 0 amide bonds. The van der Waals surface area contributed by atoms with Crippen molar-refractivity contribution >= 4 is 17.1 Å². The lowest BCUT2D eigenvalue weighted by Gasteiger charge is -2.36. The number of hydrazone groups is 1. The fourth-order valence-electron chi connectivity index (χ4n) is 4.88. The highest BCUT2D eigenvalue weighted by Gasteiger charge is 2.24. The van der Waals surface area contributed by atoms with Crippen LogP contribution in [0.2, 0.25) is 0 Å². The Labute approximate surface area is 184 Å². The molecular formula is C28H29N3. The molecule has 4 aromatic rings. The summed E-state index contributed by atoms with van der Waals surface area (Å²) >= 11 is 0. The van der Waals surface area contributed by atoms with Crippen molar-refractivity contribution in [2.24, 2.45) is 5.10 Å². The summed E-state index contributed by atoms with van der Waals surface area (Å²) in [6.07, 6.45) is 5.80. The molecule has 2 heterocycles. The molecule has 1 aliphatic heterocycles. The molecule has 0 spiro atoms. The first kappa shape index (κ1) is 19.6. The van der Waals surface area contributed by atoms with Crippen molar-refractivity contribution < 1.29 is 0 Å². The van der Waals surface area contributed by atoms with Crippen molar-refractivity contribution in [3.05, 3.63) is 90.5 Å². The van der Waals surface area contributed by atoms with Gasteiger partial charge in [0.05, 0.1) is 17.4 Å². The normalized spacial score (nSPS) is 19.4. The number of benzene rings is 3. The van der Waals surface area contributed by atoms with E-state index >= 15 is 0 Å². The van der Waals surface area contributed by atoms with Gasteiger partial charge in [0.1, 0.15) is 0 Å². The van der Waals surface area contributed by atoms with E-state index < -0.39 is 0 Å². The van der Waals surface area contributed by atoms with Gasteiger partial charge in [-0.3, -0.25) is 5.01 Å². The van der Waals surface area contributed by atoms with Crippen molar-refractivity contribution in [2.45, 2.75) is 45.2 Å². The molecule has 1 aromatic heterocycles. The summed E-state index contributed by atoms with van der Waals surface area (Å²) in [6, 6.07) is 30.9. The van der Waals surface area contributed by atoms with Crippen LogP contribution in [0.4, 0.5) is 0 Å². The number of nitrogens with zero attached hydrogens (tertiary/aromatic N) is 3. The van der Waals surface area contributed by atoms with E-state index in [1.54, 1.807) is 0 Å². The maximum absolute atomic E-state index is 5.05. The minimum Gasteiger partial charge on any atom is -0.309 e. The molecule has 0 radical (unpaired) electrons. The minimum absolute atomic E-state index is 0.475. The fraction of sp³-hybridized carbons (Fsp3) is 0.250. The molecule has 1 fully saturated rings. The molecule has 1 saturated heterocycles. The highest BCUT2D eigenvalue weighted by atomic mass is 15.5. The van der Waals surface area contributed by atoms with Gasteiger partial charge >= 0.3 is 0 Å². The van der Waals surface area contributed by atoms with Gasteiger partial charge in [0.2, 0.25) is 0 Å². The maximum atomic E-state index is 5.05. The number of para-hydroxylation sites is 2. The van der Waals surface area contributed by atoms with Crippen LogP contribution in [0.15, 0.2) is 90.0 Å². The first-order valence-corrected chi connectivity index (χ1v) is 11.3. The molecule has 0 unspecified atom stereocenters. The quantitative estimate of drug-likeness (QED) is 0.337. The largest absolute Gasteiger partial charge is 0.309 e. The molecule has 1 aliphatic rings. The molecule has 31 heavy (non-hydrogen) atoms. The maximum Gasteiger partial charge on any atom is 0.0629 e. The van der Waals surface area contributed by atoms with Gasteiger partial charge in [0, 0.05) is 28.7 Å². The minimum atomic E-state index is 0.475. The third kappa shape index (κ3) is 3.65. The monoisotopic (exact) mass is 407 g/mol. The SMILES string of the molecule is C[C@@H]1CCC[C@@H](C)N1/N=C\c1c(-c2ccccc2)n(-c2ccccc2)c2ccccc12. The predicted molar refractivity (Wildman–Crippen MR) is 131 cm³/mol. The van der Waals surface area contributed by atoms with Gasteiger partial charge in [-0.25, -0.2) is 0 Å². The van der Waals surface area contributed by atoms with Gasteiger partial charge in [0.15, 0.2) is 0 Å². The smallest absolute Gasteiger partial charge is 0.0629 e. The van der Waals surface area contributed by atoms with Crippen molar-refractivity contribution in [3.63, 3.8) is 0 Å². The van der Waals surface area contributed by atoms with E-state index in [-0.39, 0.29) is 0 Å². The van der Waals surface area contributed by atoms with E-state index in [2.05, 4.69) is 115 Å². The van der Waals surface area contributed by atoms with E-state index in [4.69, 9.17) is 5.10 Å². The molecule has 3 aromatic carbocycles. The number of hydrogen-bond acceptors (Lipinski definition) is 2. The average molecular weight is 408 g/mol. The van der Waals surface area contributed by atoms with Gasteiger partial charge in [-0.2, -0.15) is 5.10 Å². The predicted octanol–water partition coefficient (Wildman–Crippen LogP) is 6.89. The van der Waals surface area contributed by atoms with Crippen LogP contribution in [-0.2, 0) is 0 Å². The highest BCUT2D eigenvalue weighted by Crippen LogP contribution is 2.36. The molecular weight excluding hydrogens is 378 g/mol. The number of rotatable bonds is 4. The lowest BCUT2D eigenvalue weighted by Crippen LogP contribution is -2.39. The number of hydrogen-bond donors (Lipinski definition) is 0. The molecule has 0 saturated carbocycles. The van der Waals surface area contributed by atoms with Gasteiger partial charge < -0.3 is 4.57 Å². The second-order valence-electron chi connectivity index (χ2n) is 8.57. The van der Waals surface area contributed by atoms with Crippen LogP contribution in [0.1, 0.15) is 38.7 Å². The van der Waals surface area contributed by atoms with E-state index in [0.29, 0.717) is 12.1 Å². The first-order chi connectivity index (χ1) is 15.2. The summed E-state index contributed by atoms with van der Waals surface area (Å²) in [5.41, 5.74) is 5.93. The Kier molecular flexibility index (Phi) is 5.33. The Morgan fingerprint density at radius 1 is 0.774 bits per heavy atom. The first-order valence-electron chi connectivity index (χ1n) is 11.3. The number of aromatic nitrogens is 1. The second-order valence-corrected chi connectivity index (χ2v) is 8.57. The fourth-order valence-corrected chi connectivity index (χ4v) is 4.88. The summed E-state index contributed by atoms with van der Waals surface area (Å²) in [5, 5.41) is 8.58. The van der Waals surface area contributed by atoms with Crippen LogP contribution < -0.4 is 0 Å². The van der Waals surface area contributed by atoms with Crippen molar-refractivity contribution in [3.8, 4) is 16.9 Å². The Balaban J connectivity index is 1.75. The molecule has 3 nitrogen and oxygen atoms in total. The van der Waals surface area contributed by atoms with Crippen LogP contribution in [0.5, 0.6) is 0 Å². The molecule has 3 heteroatoms. The molecule has 5 rings (SSSR count). The molecule has 2 atom stereocenters. The lowest BCUT2D eigenvalue weighted by molar-refractivity contribution is 0.109. The van der Waals surface area contributed by atoms with Crippen molar-refractivity contribution in [2.75, 3.05) is 0 Å². The zero-order valence-corrected chi connectivity index (χ0v) is 18.3. The van der Waals surface area contributed by atoms with E-state index in [1.165, 1.54) is 47.0 Å². The topological polar surface area (TPSA) is 20.5 Å². The molecule has 0 bridgehead atoms. The third-order valence-electron chi connectivity index (χ3n) is 6.44. The highest BCUT2D eigenvalue weighted by molar-refractivity contribution is 6.07. The average Bonchev–Trinajstić information content (AvgIpc) is 3.14. The van der Waals surface area contributed by atoms with Gasteiger partial charge in [-0.05, 0) is 56.9 Å². The van der Waals surface area contributed by atoms with Gasteiger partial charge in [-0.15, -0.1) is 0 Å². The zero-order chi connectivity index (χ0) is 21.2. The Morgan fingerprint density at radius 3 is 2.10 bits per heavy atom. The van der Waals surface area contributed by atoms with Gasteiger partial charge in [0.25, 0.3) is 0 Å². The Hall–Kier alpha value is -3.33. The second kappa shape index (κ2) is 8.43. The summed E-state index contributed by atoms with van der Waals surface area (Å²) in [5.74, 6) is 0. The third-order valence-corrected chi connectivity index (χ3v) is 6.44. The zero-order valence-electron chi connectivity index (χ0n) is 18.3. The number of piperidine rings is 1. The van der Waals surface area contributed by atoms with E-state index in [0.717, 1.165) is 5.69 Å². The van der Waals surface area contributed by atoms with Gasteiger partial charge in [-0.1, -0.05) is 66.7 Å². The van der Waals surface area contributed by atoms with Crippen LogP contribution in [0.3, 0.4) is 0 Å². The van der Waals surface area contributed by atoms with Crippen LogP contribution in [0.25, 0.3) is 27.8 Å². The van der Waals surface area contributed by atoms with Crippen LogP contribution in [-0.4, -0.2) is 27.9 Å². The van der Waals surface area contributed by atoms with Crippen LogP contribution >= 0.6 is 0 Å². The summed E-state index contributed by atoms with van der Waals surface area (Å²) in [7, 11) is 0. The lowest BCUT2D eigenvalue weighted by atomic mass is 10.00. The standard InChI is InChI=1S/C28H29N3/c1-21-12-11-13-22(2)31(21)29-20-26-25-18-9-10-19-27(25)30(24-16-7-4-8-17-24)28(26)23-14-5-3-6-15-23/h3-10,14-22H,11-13H2,1-2H3/b29-20-/t21-,22-/m1/s1. The molecule has 0 N–H and O–H groups in total. The van der Waals surface area contributed by atoms with E-state index in [1.807, 2.05) is 0 Å². The Morgan fingerprint density at radius 2 is 1.39 bits per heavy atom. The van der Waals surface area contributed by atoms with Crippen molar-refractivity contribution in [1.82, 2.24) is 9.58 Å².